The van der Waals surface area contributed by atoms with E-state index in [2.05, 4.69) is 25.8 Å². The molecule has 3 rings (SSSR count). The highest BCUT2D eigenvalue weighted by Crippen LogP contribution is 2.08. The maximum atomic E-state index is 12.1. The van der Waals surface area contributed by atoms with Gasteiger partial charge < -0.3 is 10.6 Å². The van der Waals surface area contributed by atoms with Crippen LogP contribution in [0.4, 0.5) is 11.6 Å². The van der Waals surface area contributed by atoms with E-state index in [1.54, 1.807) is 18.3 Å². The van der Waals surface area contributed by atoms with Crippen molar-refractivity contribution in [1.82, 2.24) is 19.7 Å². The number of anilines is 2. The summed E-state index contributed by atoms with van der Waals surface area (Å²) in [7, 11) is 0. The lowest BCUT2D eigenvalue weighted by Gasteiger charge is -2.07. The molecule has 9 heteroatoms. The third-order valence-corrected chi connectivity index (χ3v) is 4.45. The second-order valence-electron chi connectivity index (χ2n) is 7.05. The van der Waals surface area contributed by atoms with Gasteiger partial charge in [0.1, 0.15) is 5.82 Å². The van der Waals surface area contributed by atoms with Gasteiger partial charge in [0, 0.05) is 19.7 Å². The molecule has 0 bridgehead atoms. The molecule has 31 heavy (non-hydrogen) atoms. The zero-order chi connectivity index (χ0) is 22.1. The molecule has 2 heterocycles. The molecule has 2 aromatic heterocycles. The first-order chi connectivity index (χ1) is 15.0. The summed E-state index contributed by atoms with van der Waals surface area (Å²) in [6.07, 6.45) is 4.18. The standard InChI is InChI=1S/C22H24N6O3/c1-16(29)23-19-12-14-28(22(31)25-19)13-6-5-9-18-10-11-20(27-26-18)24-21(30)15-17-7-3-2-4-8-17/h2-4,7-8,10-12,14H,5-6,9,13,15H2,1H3,(H,24,27,30)(H,23,25,29,31). The number of hydrogen-bond donors (Lipinski definition) is 2. The van der Waals surface area contributed by atoms with Crippen LogP contribution in [0, 0.1) is 0 Å². The molecule has 2 N–H and O–H groups in total. The van der Waals surface area contributed by atoms with Crippen molar-refractivity contribution >= 4 is 23.5 Å². The summed E-state index contributed by atoms with van der Waals surface area (Å²) in [5.41, 5.74) is 1.35. The van der Waals surface area contributed by atoms with Crippen molar-refractivity contribution in [3.8, 4) is 0 Å². The highest BCUT2D eigenvalue weighted by molar-refractivity contribution is 5.91. The zero-order valence-electron chi connectivity index (χ0n) is 17.2. The maximum absolute atomic E-state index is 12.1. The average molecular weight is 420 g/mol. The van der Waals surface area contributed by atoms with Gasteiger partial charge in [0.15, 0.2) is 5.82 Å². The molecule has 0 fully saturated rings. The number of rotatable bonds is 9. The van der Waals surface area contributed by atoms with Gasteiger partial charge in [-0.25, -0.2) is 4.79 Å². The number of carbonyl (C=O) groups excluding carboxylic acids is 2. The van der Waals surface area contributed by atoms with Crippen LogP contribution in [0.3, 0.4) is 0 Å². The summed E-state index contributed by atoms with van der Waals surface area (Å²) in [6, 6.07) is 14.7. The van der Waals surface area contributed by atoms with E-state index < -0.39 is 5.69 Å². The fraction of sp³-hybridized carbons (Fsp3) is 0.273. The largest absolute Gasteiger partial charge is 0.349 e. The SMILES string of the molecule is CC(=O)Nc1ccn(CCCCc2ccc(NC(=O)Cc3ccccc3)nn2)c(=O)n1. The molecular formula is C22H24N6O3. The minimum Gasteiger partial charge on any atom is -0.311 e. The highest BCUT2D eigenvalue weighted by Gasteiger charge is 2.06. The van der Waals surface area contributed by atoms with Gasteiger partial charge in [-0.15, -0.1) is 5.10 Å². The van der Waals surface area contributed by atoms with E-state index in [1.807, 2.05) is 36.4 Å². The van der Waals surface area contributed by atoms with Crippen LogP contribution in [-0.4, -0.2) is 31.6 Å². The van der Waals surface area contributed by atoms with Crippen molar-refractivity contribution in [2.24, 2.45) is 0 Å². The molecular weight excluding hydrogens is 396 g/mol. The number of carbonyl (C=O) groups is 2. The van der Waals surface area contributed by atoms with Crippen LogP contribution in [0.15, 0.2) is 59.5 Å². The Kier molecular flexibility index (Phi) is 7.58. The molecule has 0 saturated carbocycles. The molecule has 0 unspecified atom stereocenters. The van der Waals surface area contributed by atoms with E-state index >= 15 is 0 Å². The van der Waals surface area contributed by atoms with Crippen molar-refractivity contribution in [2.75, 3.05) is 10.6 Å². The van der Waals surface area contributed by atoms with Crippen LogP contribution in [0.2, 0.25) is 0 Å². The van der Waals surface area contributed by atoms with Gasteiger partial charge in [0.05, 0.1) is 12.1 Å². The van der Waals surface area contributed by atoms with Crippen molar-refractivity contribution < 1.29 is 9.59 Å². The summed E-state index contributed by atoms with van der Waals surface area (Å²) in [5.74, 6) is 0.255. The van der Waals surface area contributed by atoms with E-state index in [-0.39, 0.29) is 24.1 Å². The van der Waals surface area contributed by atoms with E-state index in [1.165, 1.54) is 11.5 Å². The van der Waals surface area contributed by atoms with Crippen LogP contribution in [-0.2, 0) is 29.0 Å². The summed E-state index contributed by atoms with van der Waals surface area (Å²) in [6.45, 7) is 1.88. The number of hydrogen-bond acceptors (Lipinski definition) is 6. The monoisotopic (exact) mass is 420 g/mol. The lowest BCUT2D eigenvalue weighted by atomic mass is 10.1. The fourth-order valence-corrected chi connectivity index (χ4v) is 2.97. The minimum absolute atomic E-state index is 0.142. The van der Waals surface area contributed by atoms with Crippen molar-refractivity contribution in [2.45, 2.75) is 39.2 Å². The summed E-state index contributed by atoms with van der Waals surface area (Å²) in [4.78, 5) is 38.9. The van der Waals surface area contributed by atoms with Crippen LogP contribution in [0.25, 0.3) is 0 Å². The molecule has 0 spiro atoms. The lowest BCUT2D eigenvalue weighted by molar-refractivity contribution is -0.116. The molecule has 0 aliphatic heterocycles. The van der Waals surface area contributed by atoms with Crippen LogP contribution in [0.5, 0.6) is 0 Å². The quantitative estimate of drug-likeness (QED) is 0.512. The normalized spacial score (nSPS) is 10.5. The number of unbranched alkanes of at least 4 members (excludes halogenated alkanes) is 1. The van der Waals surface area contributed by atoms with E-state index in [4.69, 9.17) is 0 Å². The van der Waals surface area contributed by atoms with Gasteiger partial charge >= 0.3 is 5.69 Å². The third kappa shape index (κ3) is 7.14. The molecule has 1 aromatic carbocycles. The number of aryl methyl sites for hydroxylation is 2. The molecule has 0 aliphatic carbocycles. The average Bonchev–Trinajstić information content (AvgIpc) is 2.74. The second-order valence-corrected chi connectivity index (χ2v) is 7.05. The van der Waals surface area contributed by atoms with Crippen molar-refractivity contribution in [1.29, 1.82) is 0 Å². The molecule has 2 amide bonds. The van der Waals surface area contributed by atoms with Crippen molar-refractivity contribution in [3.05, 3.63) is 76.5 Å². The topological polar surface area (TPSA) is 119 Å². The summed E-state index contributed by atoms with van der Waals surface area (Å²) in [5, 5.41) is 13.4. The van der Waals surface area contributed by atoms with Crippen LogP contribution < -0.4 is 16.3 Å². The number of aromatic nitrogens is 4. The molecule has 9 nitrogen and oxygen atoms in total. The van der Waals surface area contributed by atoms with Gasteiger partial charge in [-0.2, -0.15) is 10.1 Å². The molecule has 0 radical (unpaired) electrons. The van der Waals surface area contributed by atoms with Crippen LogP contribution in [0.1, 0.15) is 31.0 Å². The van der Waals surface area contributed by atoms with Gasteiger partial charge in [-0.3, -0.25) is 14.2 Å². The summed E-state index contributed by atoms with van der Waals surface area (Å²) < 4.78 is 1.50. The van der Waals surface area contributed by atoms with E-state index in [0.29, 0.717) is 18.8 Å². The highest BCUT2D eigenvalue weighted by atomic mass is 16.2. The molecule has 0 atom stereocenters. The second kappa shape index (κ2) is 10.8. The van der Waals surface area contributed by atoms with Gasteiger partial charge in [0.25, 0.3) is 0 Å². The number of benzene rings is 1. The van der Waals surface area contributed by atoms with Gasteiger partial charge in [0.2, 0.25) is 11.8 Å². The minimum atomic E-state index is -0.401. The first-order valence-electron chi connectivity index (χ1n) is 10.0. The van der Waals surface area contributed by atoms with Crippen molar-refractivity contribution in [3.63, 3.8) is 0 Å². The Labute approximate surface area is 179 Å². The molecule has 0 saturated heterocycles. The van der Waals surface area contributed by atoms with Crippen LogP contribution >= 0.6 is 0 Å². The Morgan fingerprint density at radius 1 is 0.935 bits per heavy atom. The van der Waals surface area contributed by atoms with E-state index in [0.717, 1.165) is 24.1 Å². The predicted octanol–water partition coefficient (Wildman–Crippen LogP) is 2.20. The number of nitrogens with zero attached hydrogens (tertiary/aromatic N) is 4. The predicted molar refractivity (Wildman–Crippen MR) is 117 cm³/mol. The Bertz CT molecular complexity index is 1080. The Morgan fingerprint density at radius 3 is 2.42 bits per heavy atom. The fourth-order valence-electron chi connectivity index (χ4n) is 2.97. The van der Waals surface area contributed by atoms with E-state index in [9.17, 15) is 14.4 Å². The molecule has 0 aliphatic rings. The van der Waals surface area contributed by atoms with Gasteiger partial charge in [-0.1, -0.05) is 30.3 Å². The molecule has 160 valence electrons. The maximum Gasteiger partial charge on any atom is 0.349 e. The smallest absolute Gasteiger partial charge is 0.311 e. The summed E-state index contributed by atoms with van der Waals surface area (Å²) >= 11 is 0. The third-order valence-electron chi connectivity index (χ3n) is 4.45. The Hall–Kier alpha value is -3.88. The zero-order valence-corrected chi connectivity index (χ0v) is 17.2. The first-order valence-corrected chi connectivity index (χ1v) is 10.0. The molecule has 3 aromatic rings. The number of amides is 2. The Balaban J connectivity index is 1.42. The Morgan fingerprint density at radius 2 is 1.74 bits per heavy atom. The number of nitrogens with one attached hydrogen (secondary N) is 2. The first kappa shape index (κ1) is 21.8. The van der Waals surface area contributed by atoms with Gasteiger partial charge in [-0.05, 0) is 43.0 Å². The lowest BCUT2D eigenvalue weighted by Crippen LogP contribution is -2.24.